The van der Waals surface area contributed by atoms with Gasteiger partial charge in [-0.3, -0.25) is 9.69 Å². The molecule has 1 amide bonds. The molecule has 2 heterocycles. The lowest BCUT2D eigenvalue weighted by atomic mass is 10.1. The van der Waals surface area contributed by atoms with Gasteiger partial charge in [-0.25, -0.2) is 8.42 Å². The van der Waals surface area contributed by atoms with E-state index in [1.807, 2.05) is 7.05 Å². The monoisotopic (exact) mass is 289 g/mol. The van der Waals surface area contributed by atoms with Crippen LogP contribution in [0.25, 0.3) is 0 Å². The fourth-order valence-corrected chi connectivity index (χ4v) is 4.46. The number of rotatable bonds is 4. The van der Waals surface area contributed by atoms with E-state index < -0.39 is 9.84 Å². The molecule has 0 spiro atoms. The Labute approximate surface area is 114 Å². The maximum absolute atomic E-state index is 11.9. The summed E-state index contributed by atoms with van der Waals surface area (Å²) in [6.07, 6.45) is 2.66. The third-order valence-electron chi connectivity index (χ3n) is 3.92. The van der Waals surface area contributed by atoms with Gasteiger partial charge in [0.25, 0.3) is 0 Å². The van der Waals surface area contributed by atoms with Gasteiger partial charge in [0.2, 0.25) is 5.91 Å². The van der Waals surface area contributed by atoms with Crippen LogP contribution in [-0.2, 0) is 14.6 Å². The Hall–Kier alpha value is -0.660. The molecule has 1 atom stereocenters. The van der Waals surface area contributed by atoms with Crippen LogP contribution in [0.15, 0.2) is 0 Å². The molecule has 0 saturated carbocycles. The second kappa shape index (κ2) is 6.19. The summed E-state index contributed by atoms with van der Waals surface area (Å²) in [6.45, 7) is 2.34. The minimum Gasteiger partial charge on any atom is -0.351 e. The van der Waals surface area contributed by atoms with Crippen LogP contribution in [0.1, 0.15) is 19.3 Å². The molecule has 6 nitrogen and oxygen atoms in total. The summed E-state index contributed by atoms with van der Waals surface area (Å²) in [6, 6.07) is 0.248. The van der Waals surface area contributed by atoms with E-state index >= 15 is 0 Å². The fraction of sp³-hybridized carbons (Fsp3) is 0.917. The van der Waals surface area contributed by atoms with Crippen molar-refractivity contribution in [3.8, 4) is 0 Å². The van der Waals surface area contributed by atoms with Crippen LogP contribution in [0.5, 0.6) is 0 Å². The van der Waals surface area contributed by atoms with Gasteiger partial charge in [0.1, 0.15) is 0 Å². The van der Waals surface area contributed by atoms with Crippen molar-refractivity contribution < 1.29 is 13.2 Å². The van der Waals surface area contributed by atoms with Crippen molar-refractivity contribution in [1.29, 1.82) is 0 Å². The Morgan fingerprint density at radius 3 is 2.58 bits per heavy atom. The first-order chi connectivity index (χ1) is 8.96. The van der Waals surface area contributed by atoms with Crippen molar-refractivity contribution >= 4 is 15.7 Å². The van der Waals surface area contributed by atoms with Crippen LogP contribution in [0.3, 0.4) is 0 Å². The molecule has 110 valence electrons. The maximum Gasteiger partial charge on any atom is 0.234 e. The molecule has 2 aliphatic heterocycles. The average Bonchev–Trinajstić information content (AvgIpc) is 2.69. The quantitative estimate of drug-likeness (QED) is 0.692. The number of nitrogens with one attached hydrogen (secondary N) is 2. The van der Waals surface area contributed by atoms with Crippen LogP contribution in [0, 0.1) is 0 Å². The molecule has 2 rings (SSSR count). The SMILES string of the molecule is CN(CC(=O)NC1CCS(=O)(=O)C1)C1CCNCC1. The third-order valence-corrected chi connectivity index (χ3v) is 5.69. The standard InChI is InChI=1S/C12H23N3O3S/c1-15(11-2-5-13-6-3-11)8-12(16)14-10-4-7-19(17,18)9-10/h10-11,13H,2-9H2,1H3,(H,14,16). The number of hydrogen-bond donors (Lipinski definition) is 2. The number of piperidine rings is 1. The van der Waals surface area contributed by atoms with Gasteiger partial charge in [0.05, 0.1) is 18.1 Å². The summed E-state index contributed by atoms with van der Waals surface area (Å²) in [5.74, 6) is 0.223. The topological polar surface area (TPSA) is 78.5 Å². The highest BCUT2D eigenvalue weighted by Gasteiger charge is 2.29. The van der Waals surface area contributed by atoms with E-state index in [9.17, 15) is 13.2 Å². The zero-order chi connectivity index (χ0) is 13.9. The van der Waals surface area contributed by atoms with Gasteiger partial charge in [-0.05, 0) is 39.4 Å². The van der Waals surface area contributed by atoms with Gasteiger partial charge in [0.15, 0.2) is 9.84 Å². The normalized spacial score (nSPS) is 27.6. The van der Waals surface area contributed by atoms with Crippen molar-refractivity contribution in [2.24, 2.45) is 0 Å². The fourth-order valence-electron chi connectivity index (χ4n) is 2.79. The van der Waals surface area contributed by atoms with Crippen LogP contribution < -0.4 is 10.6 Å². The highest BCUT2D eigenvalue weighted by atomic mass is 32.2. The number of sulfone groups is 1. The molecule has 0 aliphatic carbocycles. The van der Waals surface area contributed by atoms with E-state index in [0.717, 1.165) is 25.9 Å². The Morgan fingerprint density at radius 1 is 1.32 bits per heavy atom. The van der Waals surface area contributed by atoms with Crippen LogP contribution in [-0.4, -0.2) is 69.5 Å². The minimum atomic E-state index is -2.93. The number of likely N-dealkylation sites (N-methyl/N-ethyl adjacent to an activating group) is 1. The molecule has 1 unspecified atom stereocenters. The smallest absolute Gasteiger partial charge is 0.234 e. The van der Waals surface area contributed by atoms with Gasteiger partial charge in [-0.1, -0.05) is 0 Å². The van der Waals surface area contributed by atoms with Crippen LogP contribution >= 0.6 is 0 Å². The first-order valence-corrected chi connectivity index (χ1v) is 8.69. The molecule has 2 saturated heterocycles. The molecule has 7 heteroatoms. The summed E-state index contributed by atoms with van der Waals surface area (Å²) >= 11 is 0. The van der Waals surface area contributed by atoms with E-state index in [4.69, 9.17) is 0 Å². The number of carbonyl (C=O) groups is 1. The molecular weight excluding hydrogens is 266 g/mol. The number of amides is 1. The number of hydrogen-bond acceptors (Lipinski definition) is 5. The zero-order valence-corrected chi connectivity index (χ0v) is 12.2. The van der Waals surface area contributed by atoms with Gasteiger partial charge in [-0.15, -0.1) is 0 Å². The van der Waals surface area contributed by atoms with E-state index in [2.05, 4.69) is 15.5 Å². The van der Waals surface area contributed by atoms with Crippen molar-refractivity contribution in [3.05, 3.63) is 0 Å². The molecule has 2 aliphatic rings. The predicted octanol–water partition coefficient (Wildman–Crippen LogP) is -1.03. The Bertz CT molecular complexity index is 418. The average molecular weight is 289 g/mol. The van der Waals surface area contributed by atoms with Gasteiger partial charge in [-0.2, -0.15) is 0 Å². The Morgan fingerprint density at radius 2 is 2.00 bits per heavy atom. The van der Waals surface area contributed by atoms with E-state index in [-0.39, 0.29) is 23.5 Å². The number of nitrogens with zero attached hydrogens (tertiary/aromatic N) is 1. The first kappa shape index (κ1) is 14.7. The second-order valence-corrected chi connectivity index (χ2v) is 7.79. The third kappa shape index (κ3) is 4.43. The van der Waals surface area contributed by atoms with Crippen LogP contribution in [0.2, 0.25) is 0 Å². The van der Waals surface area contributed by atoms with Crippen molar-refractivity contribution in [2.75, 3.05) is 38.2 Å². The minimum absolute atomic E-state index is 0.0665. The molecule has 0 aromatic heterocycles. The zero-order valence-electron chi connectivity index (χ0n) is 11.4. The summed E-state index contributed by atoms with van der Waals surface area (Å²) in [4.78, 5) is 14.0. The highest BCUT2D eigenvalue weighted by Crippen LogP contribution is 2.12. The lowest BCUT2D eigenvalue weighted by molar-refractivity contribution is -0.123. The molecule has 2 N–H and O–H groups in total. The van der Waals surface area contributed by atoms with Crippen molar-refractivity contribution in [3.63, 3.8) is 0 Å². The molecule has 0 bridgehead atoms. The first-order valence-electron chi connectivity index (χ1n) is 6.87. The van der Waals surface area contributed by atoms with Crippen molar-refractivity contribution in [1.82, 2.24) is 15.5 Å². The molecule has 19 heavy (non-hydrogen) atoms. The van der Waals surface area contributed by atoms with E-state index in [1.165, 1.54) is 0 Å². The summed E-state index contributed by atoms with van der Waals surface area (Å²) < 4.78 is 22.6. The molecule has 0 aromatic rings. The molecular formula is C12H23N3O3S. The largest absolute Gasteiger partial charge is 0.351 e. The molecule has 0 radical (unpaired) electrons. The van der Waals surface area contributed by atoms with E-state index in [0.29, 0.717) is 19.0 Å². The summed E-state index contributed by atoms with van der Waals surface area (Å²) in [5.41, 5.74) is 0. The number of carbonyl (C=O) groups excluding carboxylic acids is 1. The lowest BCUT2D eigenvalue weighted by Crippen LogP contribution is -2.47. The van der Waals surface area contributed by atoms with Crippen molar-refractivity contribution in [2.45, 2.75) is 31.3 Å². The van der Waals surface area contributed by atoms with Crippen LogP contribution in [0.4, 0.5) is 0 Å². The van der Waals surface area contributed by atoms with Gasteiger partial charge >= 0.3 is 0 Å². The van der Waals surface area contributed by atoms with E-state index in [1.54, 1.807) is 0 Å². The maximum atomic E-state index is 11.9. The van der Waals surface area contributed by atoms with Gasteiger partial charge < -0.3 is 10.6 Å². The lowest BCUT2D eigenvalue weighted by Gasteiger charge is -2.31. The summed E-state index contributed by atoms with van der Waals surface area (Å²) in [7, 11) is -0.967. The highest BCUT2D eigenvalue weighted by molar-refractivity contribution is 7.91. The Balaban J connectivity index is 1.74. The second-order valence-electron chi connectivity index (χ2n) is 5.56. The van der Waals surface area contributed by atoms with Gasteiger partial charge in [0, 0.05) is 12.1 Å². The summed E-state index contributed by atoms with van der Waals surface area (Å²) in [5, 5.41) is 6.13. The predicted molar refractivity (Wildman–Crippen MR) is 73.7 cm³/mol. The molecule has 2 fully saturated rings. The molecule has 0 aromatic carbocycles. The Kier molecular flexibility index (Phi) is 4.81.